The molecule has 2 aromatic carbocycles. The van der Waals surface area contributed by atoms with Gasteiger partial charge in [0.25, 0.3) is 5.91 Å². The number of likely N-dealkylation sites (tertiary alicyclic amines) is 1. The zero-order valence-corrected chi connectivity index (χ0v) is 28.9. The van der Waals surface area contributed by atoms with Gasteiger partial charge in [-0.25, -0.2) is 0 Å². The number of hydrogen-bond acceptors (Lipinski definition) is 7. The maximum atomic E-state index is 13.4. The van der Waals surface area contributed by atoms with Gasteiger partial charge in [-0.1, -0.05) is 81.6 Å². The predicted octanol–water partition coefficient (Wildman–Crippen LogP) is 4.90. The van der Waals surface area contributed by atoms with Crippen LogP contribution in [0.3, 0.4) is 0 Å². The van der Waals surface area contributed by atoms with E-state index in [0.717, 1.165) is 43.4 Å². The summed E-state index contributed by atoms with van der Waals surface area (Å²) in [4.78, 5) is 41.0. The maximum absolute atomic E-state index is 13.4. The molecule has 3 amide bonds. The number of amides is 3. The van der Waals surface area contributed by atoms with Crippen molar-refractivity contribution in [2.45, 2.75) is 102 Å². The lowest BCUT2D eigenvalue weighted by molar-refractivity contribution is -0.133. The molecule has 2 aliphatic rings. The number of fused-ring (bicyclic) bond motifs is 1. The number of aliphatic hydroxyl groups is 1. The SMILES string of the molecule is CC(C)(C)NC(=O)C1CC2CCCCC2CN1CC(O)C(Cc1ccccc1)NC(=O)CNC(=O)c1ccccc1.CC(C)SO. The molecule has 0 radical (unpaired) electrons. The molecule has 9 nitrogen and oxygen atoms in total. The zero-order chi connectivity index (χ0) is 33.7. The molecule has 0 spiro atoms. The second-order valence-electron chi connectivity index (χ2n) is 13.9. The summed E-state index contributed by atoms with van der Waals surface area (Å²) >= 11 is 0.880. The number of piperidine rings is 1. The Hall–Kier alpha value is -2.92. The van der Waals surface area contributed by atoms with Crippen LogP contribution in [0, 0.1) is 11.8 Å². The monoisotopic (exact) mass is 654 g/mol. The number of carbonyl (C=O) groups excluding carboxylic acids is 3. The second-order valence-corrected chi connectivity index (χ2v) is 15.0. The molecule has 0 aromatic heterocycles. The van der Waals surface area contributed by atoms with Gasteiger partial charge in [-0.3, -0.25) is 19.3 Å². The van der Waals surface area contributed by atoms with E-state index < -0.39 is 12.1 Å². The molecule has 5 N–H and O–H groups in total. The van der Waals surface area contributed by atoms with E-state index in [0.29, 0.717) is 29.1 Å². The molecule has 254 valence electrons. The number of nitrogens with zero attached hydrogens (tertiary/aromatic N) is 1. The molecule has 1 heterocycles. The Balaban J connectivity index is 0.00000107. The largest absolute Gasteiger partial charge is 0.390 e. The highest BCUT2D eigenvalue weighted by Crippen LogP contribution is 2.39. The van der Waals surface area contributed by atoms with Gasteiger partial charge in [0.1, 0.15) is 0 Å². The number of nitrogens with one attached hydrogen (secondary N) is 3. The molecule has 10 heteroatoms. The summed E-state index contributed by atoms with van der Waals surface area (Å²) in [5, 5.41) is 20.7. The highest BCUT2D eigenvalue weighted by Gasteiger charge is 2.41. The second kappa shape index (κ2) is 18.4. The summed E-state index contributed by atoms with van der Waals surface area (Å²) < 4.78 is 8.06. The standard InChI is InChI=1S/C33H46N4O4.C3H8OS/c1-33(2,3)36-32(41)28-19-25-16-10-11-17-26(25)21-37(28)22-29(38)27(18-23-12-6-4-7-13-23)35-30(39)20-34-31(40)24-14-8-5-9-15-24;1-3(2)5-4/h4-9,12-15,25-29,38H,10-11,16-22H2,1-3H3,(H,34,40)(H,35,39)(H,36,41);3-4H,1-2H3. The lowest BCUT2D eigenvalue weighted by atomic mass is 9.72. The van der Waals surface area contributed by atoms with Crippen molar-refractivity contribution < 1.29 is 24.0 Å². The van der Waals surface area contributed by atoms with Gasteiger partial charge in [0.05, 0.1) is 24.7 Å². The number of carbonyl (C=O) groups is 3. The first-order chi connectivity index (χ1) is 21.9. The van der Waals surface area contributed by atoms with Crippen LogP contribution >= 0.6 is 12.0 Å². The van der Waals surface area contributed by atoms with Crippen molar-refractivity contribution in [2.75, 3.05) is 19.6 Å². The molecule has 5 atom stereocenters. The van der Waals surface area contributed by atoms with Gasteiger partial charge >= 0.3 is 0 Å². The molecule has 2 aromatic rings. The lowest BCUT2D eigenvalue weighted by Gasteiger charge is -2.47. The van der Waals surface area contributed by atoms with Crippen LogP contribution in [-0.4, -0.2) is 80.9 Å². The van der Waals surface area contributed by atoms with E-state index in [-0.39, 0.29) is 42.4 Å². The van der Waals surface area contributed by atoms with Crippen LogP contribution in [0.1, 0.15) is 82.6 Å². The molecular weight excluding hydrogens is 600 g/mol. The molecule has 1 saturated carbocycles. The van der Waals surface area contributed by atoms with E-state index in [1.165, 1.54) is 12.8 Å². The number of aliphatic hydroxyl groups excluding tert-OH is 1. The molecular formula is C36H54N4O5S. The van der Waals surface area contributed by atoms with E-state index in [4.69, 9.17) is 4.55 Å². The minimum Gasteiger partial charge on any atom is -0.390 e. The van der Waals surface area contributed by atoms with Crippen molar-refractivity contribution in [3.8, 4) is 0 Å². The van der Waals surface area contributed by atoms with Crippen LogP contribution in [0.15, 0.2) is 60.7 Å². The van der Waals surface area contributed by atoms with Gasteiger partial charge < -0.3 is 25.6 Å². The fraction of sp³-hybridized carbons (Fsp3) is 0.583. The van der Waals surface area contributed by atoms with Crippen molar-refractivity contribution in [1.29, 1.82) is 0 Å². The summed E-state index contributed by atoms with van der Waals surface area (Å²) in [6.07, 6.45) is 5.03. The minimum atomic E-state index is -0.908. The van der Waals surface area contributed by atoms with Crippen LogP contribution in [-0.2, 0) is 16.0 Å². The minimum absolute atomic E-state index is 0.000919. The first-order valence-corrected chi connectivity index (χ1v) is 17.4. The molecule has 0 bridgehead atoms. The highest BCUT2D eigenvalue weighted by molar-refractivity contribution is 7.94. The Bertz CT molecular complexity index is 1220. The van der Waals surface area contributed by atoms with Crippen LogP contribution in [0.25, 0.3) is 0 Å². The van der Waals surface area contributed by atoms with E-state index in [1.807, 2.05) is 71.0 Å². The van der Waals surface area contributed by atoms with E-state index in [9.17, 15) is 19.5 Å². The van der Waals surface area contributed by atoms with Crippen molar-refractivity contribution in [1.82, 2.24) is 20.9 Å². The fourth-order valence-corrected chi connectivity index (χ4v) is 6.26. The quantitative estimate of drug-likeness (QED) is 0.218. The number of β-amino-alcohol motifs (C(OH)–C–C–N with tert-alkyl or cyclic N) is 1. The molecule has 5 unspecified atom stereocenters. The summed E-state index contributed by atoms with van der Waals surface area (Å²) in [6.45, 7) is 10.7. The van der Waals surface area contributed by atoms with Crippen LogP contribution in [0.2, 0.25) is 0 Å². The number of hydrogen-bond donors (Lipinski definition) is 5. The van der Waals surface area contributed by atoms with Crippen molar-refractivity contribution >= 4 is 29.8 Å². The van der Waals surface area contributed by atoms with E-state index in [2.05, 4.69) is 20.9 Å². The Labute approximate surface area is 279 Å². The summed E-state index contributed by atoms with van der Waals surface area (Å²) in [7, 11) is 0. The van der Waals surface area contributed by atoms with E-state index >= 15 is 0 Å². The first-order valence-electron chi connectivity index (χ1n) is 16.6. The molecule has 4 rings (SSSR count). The first kappa shape index (κ1) is 37.5. The molecule has 46 heavy (non-hydrogen) atoms. The van der Waals surface area contributed by atoms with Gasteiger partial charge in [-0.05, 0) is 81.6 Å². The Morgan fingerprint density at radius 2 is 1.54 bits per heavy atom. The number of benzene rings is 2. The average molecular weight is 655 g/mol. The smallest absolute Gasteiger partial charge is 0.251 e. The lowest BCUT2D eigenvalue weighted by Crippen LogP contribution is -2.60. The van der Waals surface area contributed by atoms with Crippen LogP contribution in [0.5, 0.6) is 0 Å². The van der Waals surface area contributed by atoms with Gasteiger partial charge in [0, 0.05) is 29.4 Å². The summed E-state index contributed by atoms with van der Waals surface area (Å²) in [5.74, 6) is 0.345. The molecule has 1 aliphatic carbocycles. The predicted molar refractivity (Wildman–Crippen MR) is 186 cm³/mol. The maximum Gasteiger partial charge on any atom is 0.251 e. The summed E-state index contributed by atoms with van der Waals surface area (Å²) in [5.41, 5.74) is 1.11. The topological polar surface area (TPSA) is 131 Å². The molecule has 2 fully saturated rings. The molecule has 1 aliphatic heterocycles. The normalized spacial score (nSPS) is 21.2. The Kier molecular flexibility index (Phi) is 15.0. The fourth-order valence-electron chi connectivity index (χ4n) is 6.26. The van der Waals surface area contributed by atoms with Crippen LogP contribution in [0.4, 0.5) is 0 Å². The van der Waals surface area contributed by atoms with Gasteiger partial charge in [0.15, 0.2) is 0 Å². The third-order valence-electron chi connectivity index (χ3n) is 8.49. The van der Waals surface area contributed by atoms with Crippen LogP contribution < -0.4 is 16.0 Å². The van der Waals surface area contributed by atoms with Gasteiger partial charge in [-0.15, -0.1) is 0 Å². The van der Waals surface area contributed by atoms with Gasteiger partial charge in [-0.2, -0.15) is 0 Å². The summed E-state index contributed by atoms with van der Waals surface area (Å²) in [6, 6.07) is 17.6. The Morgan fingerprint density at radius 1 is 0.957 bits per heavy atom. The van der Waals surface area contributed by atoms with Crippen molar-refractivity contribution in [3.05, 3.63) is 71.8 Å². The van der Waals surface area contributed by atoms with Crippen molar-refractivity contribution in [2.24, 2.45) is 11.8 Å². The highest BCUT2D eigenvalue weighted by atomic mass is 32.2. The van der Waals surface area contributed by atoms with Gasteiger partial charge in [0.2, 0.25) is 11.8 Å². The molecule has 1 saturated heterocycles. The van der Waals surface area contributed by atoms with E-state index in [1.54, 1.807) is 24.3 Å². The van der Waals surface area contributed by atoms with Crippen molar-refractivity contribution in [3.63, 3.8) is 0 Å². The Morgan fingerprint density at radius 3 is 2.13 bits per heavy atom. The number of rotatable bonds is 11. The zero-order valence-electron chi connectivity index (χ0n) is 28.1. The third kappa shape index (κ3) is 12.7. The third-order valence-corrected chi connectivity index (χ3v) is 8.91. The average Bonchev–Trinajstić information content (AvgIpc) is 3.03.